The first-order chi connectivity index (χ1) is 9.88. The van der Waals surface area contributed by atoms with E-state index in [4.69, 9.17) is 4.74 Å². The van der Waals surface area contributed by atoms with Gasteiger partial charge in [0.2, 0.25) is 0 Å². The minimum Gasteiger partial charge on any atom is -0.492 e. The predicted molar refractivity (Wildman–Crippen MR) is 83.3 cm³/mol. The number of benzene rings is 1. The summed E-state index contributed by atoms with van der Waals surface area (Å²) in [6.07, 6.45) is 5.16. The van der Waals surface area contributed by atoms with Gasteiger partial charge >= 0.3 is 0 Å². The number of hydrogen-bond acceptors (Lipinski definition) is 2. The van der Waals surface area contributed by atoms with Crippen LogP contribution in [0, 0.1) is 0 Å². The summed E-state index contributed by atoms with van der Waals surface area (Å²) in [7, 11) is 0. The van der Waals surface area contributed by atoms with Crippen molar-refractivity contribution in [3.8, 4) is 5.75 Å². The Morgan fingerprint density at radius 3 is 2.70 bits per heavy atom. The van der Waals surface area contributed by atoms with Crippen LogP contribution in [0.5, 0.6) is 5.75 Å². The number of ether oxygens (including phenoxy) is 1. The molecule has 1 fully saturated rings. The van der Waals surface area contributed by atoms with Crippen LogP contribution in [0.4, 0.5) is 0 Å². The van der Waals surface area contributed by atoms with Crippen molar-refractivity contribution in [1.29, 1.82) is 0 Å². The average molecular weight is 275 g/mol. The van der Waals surface area contributed by atoms with E-state index in [0.29, 0.717) is 19.2 Å². The molecular weight excluding hydrogens is 250 g/mol. The first kappa shape index (κ1) is 14.7. The number of nitrogens with one attached hydrogen (secondary N) is 2. The van der Waals surface area contributed by atoms with Crippen molar-refractivity contribution in [2.45, 2.75) is 38.6 Å². The molecule has 4 heteroatoms. The van der Waals surface area contributed by atoms with Crippen LogP contribution < -0.4 is 15.4 Å². The number of aliphatic imine (C=N–C) groups is 1. The Morgan fingerprint density at radius 2 is 2.00 bits per heavy atom. The van der Waals surface area contributed by atoms with Crippen molar-refractivity contribution in [2.24, 2.45) is 4.99 Å². The number of nitrogens with zero attached hydrogens (tertiary/aromatic N) is 1. The van der Waals surface area contributed by atoms with E-state index in [1.807, 2.05) is 30.3 Å². The fraction of sp³-hybridized carbons (Fsp3) is 0.562. The van der Waals surface area contributed by atoms with E-state index >= 15 is 0 Å². The minimum atomic E-state index is 0.586. The number of rotatable bonds is 6. The highest BCUT2D eigenvalue weighted by Crippen LogP contribution is 2.17. The summed E-state index contributed by atoms with van der Waals surface area (Å²) in [5, 5.41) is 6.79. The molecule has 0 bridgehead atoms. The van der Waals surface area contributed by atoms with Crippen LogP contribution >= 0.6 is 0 Å². The van der Waals surface area contributed by atoms with E-state index < -0.39 is 0 Å². The van der Waals surface area contributed by atoms with Gasteiger partial charge in [-0.15, -0.1) is 0 Å². The highest BCUT2D eigenvalue weighted by molar-refractivity contribution is 5.80. The number of hydrogen-bond donors (Lipinski definition) is 2. The summed E-state index contributed by atoms with van der Waals surface area (Å²) in [5.41, 5.74) is 0. The second-order valence-electron chi connectivity index (χ2n) is 5.05. The molecule has 0 heterocycles. The van der Waals surface area contributed by atoms with Crippen LogP contribution in [-0.4, -0.2) is 31.7 Å². The molecule has 0 spiro atoms. The minimum absolute atomic E-state index is 0.586. The van der Waals surface area contributed by atoms with E-state index in [1.165, 1.54) is 25.7 Å². The second kappa shape index (κ2) is 8.46. The summed E-state index contributed by atoms with van der Waals surface area (Å²) < 4.78 is 5.64. The van der Waals surface area contributed by atoms with Crippen molar-refractivity contribution < 1.29 is 4.74 Å². The summed E-state index contributed by atoms with van der Waals surface area (Å²) >= 11 is 0. The van der Waals surface area contributed by atoms with Gasteiger partial charge in [-0.3, -0.25) is 0 Å². The quantitative estimate of drug-likeness (QED) is 0.476. The molecule has 2 rings (SSSR count). The Kier molecular flexibility index (Phi) is 6.21. The zero-order chi connectivity index (χ0) is 14.0. The van der Waals surface area contributed by atoms with E-state index in [1.54, 1.807) is 0 Å². The largest absolute Gasteiger partial charge is 0.492 e. The van der Waals surface area contributed by atoms with Gasteiger partial charge in [0.05, 0.1) is 6.54 Å². The molecule has 0 saturated heterocycles. The molecule has 110 valence electrons. The molecule has 0 aliphatic heterocycles. The van der Waals surface area contributed by atoms with Crippen LogP contribution in [0.3, 0.4) is 0 Å². The number of para-hydroxylation sites is 1. The lowest BCUT2D eigenvalue weighted by molar-refractivity contribution is 0.328. The van der Waals surface area contributed by atoms with Gasteiger partial charge in [-0.25, -0.2) is 4.99 Å². The molecule has 0 unspecified atom stereocenters. The molecule has 1 saturated carbocycles. The van der Waals surface area contributed by atoms with E-state index in [2.05, 4.69) is 22.5 Å². The lowest BCUT2D eigenvalue weighted by Gasteiger charge is -2.16. The summed E-state index contributed by atoms with van der Waals surface area (Å²) in [6.45, 7) is 4.24. The maximum Gasteiger partial charge on any atom is 0.191 e. The van der Waals surface area contributed by atoms with Gasteiger partial charge in [0.15, 0.2) is 5.96 Å². The first-order valence-electron chi connectivity index (χ1n) is 7.61. The molecule has 1 aromatic carbocycles. The van der Waals surface area contributed by atoms with Gasteiger partial charge < -0.3 is 15.4 Å². The third-order valence-corrected chi connectivity index (χ3v) is 3.41. The van der Waals surface area contributed by atoms with Gasteiger partial charge in [-0.2, -0.15) is 0 Å². The molecule has 0 amide bonds. The Hall–Kier alpha value is -1.71. The Balaban J connectivity index is 1.73. The summed E-state index contributed by atoms with van der Waals surface area (Å²) in [5.74, 6) is 1.81. The Labute approximate surface area is 121 Å². The van der Waals surface area contributed by atoms with Crippen LogP contribution in [-0.2, 0) is 0 Å². The van der Waals surface area contributed by atoms with Crippen LogP contribution in [0.25, 0.3) is 0 Å². The van der Waals surface area contributed by atoms with Crippen molar-refractivity contribution in [1.82, 2.24) is 10.6 Å². The monoisotopic (exact) mass is 275 g/mol. The highest BCUT2D eigenvalue weighted by atomic mass is 16.5. The average Bonchev–Trinajstić information content (AvgIpc) is 2.98. The van der Waals surface area contributed by atoms with Gasteiger partial charge in [0, 0.05) is 12.6 Å². The lowest BCUT2D eigenvalue weighted by Crippen LogP contribution is -2.42. The molecule has 2 N–H and O–H groups in total. The summed E-state index contributed by atoms with van der Waals surface area (Å²) in [4.78, 5) is 4.56. The smallest absolute Gasteiger partial charge is 0.191 e. The first-order valence-corrected chi connectivity index (χ1v) is 7.61. The van der Waals surface area contributed by atoms with Crippen molar-refractivity contribution in [2.75, 3.05) is 19.7 Å². The maximum atomic E-state index is 5.64. The van der Waals surface area contributed by atoms with Crippen molar-refractivity contribution in [3.63, 3.8) is 0 Å². The van der Waals surface area contributed by atoms with Gasteiger partial charge in [0.1, 0.15) is 12.4 Å². The third-order valence-electron chi connectivity index (χ3n) is 3.41. The van der Waals surface area contributed by atoms with E-state index in [0.717, 1.165) is 18.3 Å². The van der Waals surface area contributed by atoms with Gasteiger partial charge in [-0.1, -0.05) is 31.0 Å². The van der Waals surface area contributed by atoms with Crippen LogP contribution in [0.2, 0.25) is 0 Å². The van der Waals surface area contributed by atoms with E-state index in [9.17, 15) is 0 Å². The summed E-state index contributed by atoms with van der Waals surface area (Å²) in [6, 6.07) is 10.5. The molecule has 20 heavy (non-hydrogen) atoms. The number of guanidine groups is 1. The Bertz CT molecular complexity index is 399. The molecule has 0 aromatic heterocycles. The molecule has 4 nitrogen and oxygen atoms in total. The predicted octanol–water partition coefficient (Wildman–Crippen LogP) is 2.56. The zero-order valence-electron chi connectivity index (χ0n) is 12.3. The molecule has 1 aliphatic carbocycles. The molecular formula is C16H25N3O. The second-order valence-corrected chi connectivity index (χ2v) is 5.05. The molecule has 0 atom stereocenters. The van der Waals surface area contributed by atoms with Crippen molar-refractivity contribution >= 4 is 5.96 Å². The third kappa shape index (κ3) is 5.11. The zero-order valence-corrected chi connectivity index (χ0v) is 12.3. The molecule has 1 aromatic rings. The van der Waals surface area contributed by atoms with Crippen LogP contribution in [0.1, 0.15) is 32.6 Å². The van der Waals surface area contributed by atoms with Crippen molar-refractivity contribution in [3.05, 3.63) is 30.3 Å². The SMILES string of the molecule is CCNC(=NCCOc1ccccc1)NC1CCCC1. The van der Waals surface area contributed by atoms with E-state index in [-0.39, 0.29) is 0 Å². The fourth-order valence-electron chi connectivity index (χ4n) is 2.42. The fourth-order valence-corrected chi connectivity index (χ4v) is 2.42. The molecule has 1 aliphatic rings. The normalized spacial score (nSPS) is 16.1. The molecule has 0 radical (unpaired) electrons. The van der Waals surface area contributed by atoms with Gasteiger partial charge in [-0.05, 0) is 31.9 Å². The highest BCUT2D eigenvalue weighted by Gasteiger charge is 2.15. The topological polar surface area (TPSA) is 45.7 Å². The Morgan fingerprint density at radius 1 is 1.25 bits per heavy atom. The van der Waals surface area contributed by atoms with Crippen LogP contribution in [0.15, 0.2) is 35.3 Å². The lowest BCUT2D eigenvalue weighted by atomic mass is 10.2. The standard InChI is InChI=1S/C16H25N3O/c1-2-17-16(19-14-8-6-7-9-14)18-12-13-20-15-10-4-3-5-11-15/h3-5,10-11,14H,2,6-9,12-13H2,1H3,(H2,17,18,19). The maximum absolute atomic E-state index is 5.64. The van der Waals surface area contributed by atoms with Gasteiger partial charge in [0.25, 0.3) is 0 Å².